The predicted octanol–water partition coefficient (Wildman–Crippen LogP) is 5.33. The van der Waals surface area contributed by atoms with E-state index >= 15 is 0 Å². The summed E-state index contributed by atoms with van der Waals surface area (Å²) in [5.74, 6) is -0.339. The van der Waals surface area contributed by atoms with Gasteiger partial charge in [-0.1, -0.05) is 60.1 Å². The van der Waals surface area contributed by atoms with Gasteiger partial charge in [0.15, 0.2) is 6.10 Å². The first-order valence-electron chi connectivity index (χ1n) is 6.88. The second-order valence-electron chi connectivity index (χ2n) is 5.06. The van der Waals surface area contributed by atoms with Crippen molar-refractivity contribution in [3.63, 3.8) is 0 Å². The molecule has 0 atom stereocenters. The van der Waals surface area contributed by atoms with Crippen molar-refractivity contribution in [2.24, 2.45) is 0 Å². The summed E-state index contributed by atoms with van der Waals surface area (Å²) in [6.07, 6.45) is -0.360. The van der Waals surface area contributed by atoms with Crippen molar-refractivity contribution in [1.29, 1.82) is 0 Å². The zero-order valence-electron chi connectivity index (χ0n) is 11.5. The van der Waals surface area contributed by atoms with Crippen LogP contribution in [0.15, 0.2) is 60.7 Å². The molecule has 0 unspecified atom stereocenters. The molecule has 0 amide bonds. The fraction of sp³-hybridized carbons (Fsp3) is 0.0556. The van der Waals surface area contributed by atoms with E-state index < -0.39 is 0 Å². The Bertz CT molecular complexity index is 823. The monoisotopic (exact) mass is 326 g/mol. The lowest BCUT2D eigenvalue weighted by Gasteiger charge is -2.14. The van der Waals surface area contributed by atoms with Crippen molar-refractivity contribution >= 4 is 28.9 Å². The number of halogens is 1. The minimum Gasteiger partial charge on any atom is -0.448 e. The number of carbonyl (C=O) groups is 1. The zero-order chi connectivity index (χ0) is 15.1. The highest BCUT2D eigenvalue weighted by Gasteiger charge is 2.31. The quantitative estimate of drug-likeness (QED) is 0.595. The van der Waals surface area contributed by atoms with Crippen molar-refractivity contribution in [3.8, 4) is 11.1 Å². The molecule has 0 N–H and O–H groups in total. The lowest BCUT2D eigenvalue weighted by molar-refractivity contribution is 0.0391. The number of esters is 1. The topological polar surface area (TPSA) is 26.3 Å². The average molecular weight is 327 g/mol. The third kappa shape index (κ3) is 2.14. The Morgan fingerprint density at radius 3 is 2.05 bits per heavy atom. The van der Waals surface area contributed by atoms with Crippen LogP contribution in [0.3, 0.4) is 0 Å². The van der Waals surface area contributed by atoms with Gasteiger partial charge in [0.2, 0.25) is 0 Å². The standard InChI is InChI=1S/C18H11ClO2S/c19-16-10-9-15(22-16)18(20)21-17-13-7-3-1-5-11(13)12-6-2-4-8-14(12)17/h1-10,17H. The molecule has 4 rings (SSSR count). The number of carbonyl (C=O) groups excluding carboxylic acids is 1. The van der Waals surface area contributed by atoms with E-state index in [1.807, 2.05) is 36.4 Å². The molecule has 0 radical (unpaired) electrons. The molecule has 108 valence electrons. The SMILES string of the molecule is O=C(OC1c2ccccc2-c2ccccc21)c1ccc(Cl)s1. The molecular weight excluding hydrogens is 316 g/mol. The number of benzene rings is 2. The van der Waals surface area contributed by atoms with Crippen LogP contribution in [0.4, 0.5) is 0 Å². The van der Waals surface area contributed by atoms with E-state index in [1.54, 1.807) is 12.1 Å². The van der Waals surface area contributed by atoms with Crippen LogP contribution in [-0.2, 0) is 4.74 Å². The zero-order valence-corrected chi connectivity index (χ0v) is 13.0. The molecular formula is C18H11ClO2S. The fourth-order valence-electron chi connectivity index (χ4n) is 2.83. The third-order valence-electron chi connectivity index (χ3n) is 3.78. The van der Waals surface area contributed by atoms with Crippen molar-refractivity contribution in [2.45, 2.75) is 6.10 Å². The van der Waals surface area contributed by atoms with Crippen molar-refractivity contribution < 1.29 is 9.53 Å². The Kier molecular flexibility index (Phi) is 3.25. The highest BCUT2D eigenvalue weighted by molar-refractivity contribution is 7.17. The van der Waals surface area contributed by atoms with Crippen molar-refractivity contribution in [3.05, 3.63) is 81.0 Å². The lowest BCUT2D eigenvalue weighted by atomic mass is 10.1. The lowest BCUT2D eigenvalue weighted by Crippen LogP contribution is -2.09. The number of fused-ring (bicyclic) bond motifs is 3. The Hall–Kier alpha value is -2.10. The summed E-state index contributed by atoms with van der Waals surface area (Å²) >= 11 is 7.13. The Balaban J connectivity index is 1.74. The largest absolute Gasteiger partial charge is 0.448 e. The maximum atomic E-state index is 12.4. The highest BCUT2D eigenvalue weighted by Crippen LogP contribution is 2.45. The number of hydrogen-bond donors (Lipinski definition) is 0. The summed E-state index contributed by atoms with van der Waals surface area (Å²) in [7, 11) is 0. The molecule has 22 heavy (non-hydrogen) atoms. The number of hydrogen-bond acceptors (Lipinski definition) is 3. The summed E-state index contributed by atoms with van der Waals surface area (Å²) < 4.78 is 6.36. The van der Waals surface area contributed by atoms with E-state index in [2.05, 4.69) is 12.1 Å². The van der Waals surface area contributed by atoms with Gasteiger partial charge in [0, 0.05) is 11.1 Å². The molecule has 3 aromatic rings. The molecule has 1 aromatic heterocycles. The van der Waals surface area contributed by atoms with Crippen LogP contribution in [0.1, 0.15) is 26.9 Å². The van der Waals surface area contributed by atoms with Crippen LogP contribution in [-0.4, -0.2) is 5.97 Å². The molecule has 2 nitrogen and oxygen atoms in total. The van der Waals surface area contributed by atoms with Gasteiger partial charge in [0.1, 0.15) is 4.88 Å². The van der Waals surface area contributed by atoms with E-state index in [4.69, 9.17) is 16.3 Å². The van der Waals surface area contributed by atoms with E-state index in [9.17, 15) is 4.79 Å². The number of rotatable bonds is 2. The van der Waals surface area contributed by atoms with Crippen molar-refractivity contribution in [1.82, 2.24) is 0 Å². The van der Waals surface area contributed by atoms with E-state index in [-0.39, 0.29) is 12.1 Å². The van der Waals surface area contributed by atoms with Gasteiger partial charge in [-0.2, -0.15) is 0 Å². The second kappa shape index (κ2) is 5.27. The molecule has 0 saturated carbocycles. The summed E-state index contributed by atoms with van der Waals surface area (Å²) in [4.78, 5) is 12.9. The molecule has 1 aliphatic carbocycles. The van der Waals surface area contributed by atoms with E-state index in [0.29, 0.717) is 9.21 Å². The van der Waals surface area contributed by atoms with Crippen LogP contribution in [0.25, 0.3) is 11.1 Å². The molecule has 1 aliphatic rings. The minimum atomic E-state index is -0.360. The number of thiophene rings is 1. The molecule has 4 heteroatoms. The molecule has 2 aromatic carbocycles. The maximum absolute atomic E-state index is 12.4. The molecule has 0 saturated heterocycles. The first kappa shape index (κ1) is 13.6. The van der Waals surface area contributed by atoms with Crippen LogP contribution < -0.4 is 0 Å². The Morgan fingerprint density at radius 1 is 0.909 bits per heavy atom. The summed E-state index contributed by atoms with van der Waals surface area (Å²) in [5.41, 5.74) is 4.31. The summed E-state index contributed by atoms with van der Waals surface area (Å²) in [6, 6.07) is 19.5. The normalized spacial score (nSPS) is 12.8. The van der Waals surface area contributed by atoms with Gasteiger partial charge in [-0.05, 0) is 23.3 Å². The minimum absolute atomic E-state index is 0.339. The van der Waals surface area contributed by atoms with Crippen LogP contribution in [0.5, 0.6) is 0 Å². The average Bonchev–Trinajstić information content (AvgIpc) is 3.11. The van der Waals surface area contributed by atoms with Gasteiger partial charge in [0.25, 0.3) is 0 Å². The van der Waals surface area contributed by atoms with Crippen LogP contribution in [0, 0.1) is 0 Å². The Morgan fingerprint density at radius 2 is 1.50 bits per heavy atom. The van der Waals surface area contributed by atoms with Gasteiger partial charge in [-0.15, -0.1) is 11.3 Å². The molecule has 0 bridgehead atoms. The predicted molar refractivity (Wildman–Crippen MR) is 88.5 cm³/mol. The number of ether oxygens (including phenoxy) is 1. The third-order valence-corrected chi connectivity index (χ3v) is 4.99. The summed E-state index contributed by atoms with van der Waals surface area (Å²) in [6.45, 7) is 0. The van der Waals surface area contributed by atoms with E-state index in [0.717, 1.165) is 22.3 Å². The second-order valence-corrected chi connectivity index (χ2v) is 6.78. The van der Waals surface area contributed by atoms with Crippen LogP contribution in [0.2, 0.25) is 4.34 Å². The van der Waals surface area contributed by atoms with Crippen LogP contribution >= 0.6 is 22.9 Å². The van der Waals surface area contributed by atoms with Gasteiger partial charge in [-0.25, -0.2) is 4.79 Å². The fourth-order valence-corrected chi connectivity index (χ4v) is 3.75. The first-order chi connectivity index (χ1) is 10.7. The highest BCUT2D eigenvalue weighted by atomic mass is 35.5. The molecule has 0 aliphatic heterocycles. The van der Waals surface area contributed by atoms with Gasteiger partial charge in [0.05, 0.1) is 4.34 Å². The van der Waals surface area contributed by atoms with Gasteiger partial charge >= 0.3 is 5.97 Å². The van der Waals surface area contributed by atoms with Crippen molar-refractivity contribution in [2.75, 3.05) is 0 Å². The van der Waals surface area contributed by atoms with Gasteiger partial charge < -0.3 is 4.74 Å². The first-order valence-corrected chi connectivity index (χ1v) is 8.08. The Labute approximate surface area is 136 Å². The van der Waals surface area contributed by atoms with E-state index in [1.165, 1.54) is 11.3 Å². The maximum Gasteiger partial charge on any atom is 0.349 e. The molecule has 0 fully saturated rings. The molecule has 0 spiro atoms. The molecule has 1 heterocycles. The smallest absolute Gasteiger partial charge is 0.349 e. The summed E-state index contributed by atoms with van der Waals surface area (Å²) in [5, 5.41) is 0. The van der Waals surface area contributed by atoms with Gasteiger partial charge in [-0.3, -0.25) is 0 Å².